The molecule has 5 heteroatoms. The van der Waals surface area contributed by atoms with Gasteiger partial charge < -0.3 is 10.2 Å². The average molecular weight is 360 g/mol. The van der Waals surface area contributed by atoms with E-state index in [4.69, 9.17) is 0 Å². The molecular weight excluding hydrogens is 331 g/mol. The lowest BCUT2D eigenvalue weighted by Crippen LogP contribution is -2.61. The standard InChI is InChI=1S/C21H29FN2O2/c1-14(2)11-17-13-24(19(12-15(3)4)21(26)23-17)20(25)10-9-16-7-5-6-8-18(16)22/h5-10,14-15,17,19H,11-13H2,1-4H3,(H,23,26)/b10-9+/t17-,19-/m0/s1. The molecule has 2 amide bonds. The number of amides is 2. The zero-order valence-corrected chi connectivity index (χ0v) is 16.0. The highest BCUT2D eigenvalue weighted by Crippen LogP contribution is 2.20. The van der Waals surface area contributed by atoms with Crippen molar-refractivity contribution in [2.45, 2.75) is 52.6 Å². The molecule has 4 nitrogen and oxygen atoms in total. The first-order valence-corrected chi connectivity index (χ1v) is 9.31. The first kappa shape index (κ1) is 20.1. The van der Waals surface area contributed by atoms with E-state index in [1.165, 1.54) is 18.2 Å². The van der Waals surface area contributed by atoms with Gasteiger partial charge in [0.05, 0.1) is 0 Å². The van der Waals surface area contributed by atoms with Gasteiger partial charge in [0.1, 0.15) is 11.9 Å². The fraction of sp³-hybridized carbons (Fsp3) is 0.524. The minimum Gasteiger partial charge on any atom is -0.350 e. The highest BCUT2D eigenvalue weighted by atomic mass is 19.1. The average Bonchev–Trinajstić information content (AvgIpc) is 2.55. The van der Waals surface area contributed by atoms with E-state index in [1.807, 2.05) is 13.8 Å². The number of hydrogen-bond acceptors (Lipinski definition) is 2. The topological polar surface area (TPSA) is 49.4 Å². The van der Waals surface area contributed by atoms with Gasteiger partial charge in [-0.1, -0.05) is 45.9 Å². The number of hydrogen-bond donors (Lipinski definition) is 1. The Balaban J connectivity index is 2.19. The number of carbonyl (C=O) groups excluding carboxylic acids is 2. The Morgan fingerprint density at radius 2 is 1.88 bits per heavy atom. The lowest BCUT2D eigenvalue weighted by Gasteiger charge is -2.40. The summed E-state index contributed by atoms with van der Waals surface area (Å²) < 4.78 is 13.8. The van der Waals surface area contributed by atoms with Crippen molar-refractivity contribution in [1.82, 2.24) is 10.2 Å². The maximum Gasteiger partial charge on any atom is 0.247 e. The van der Waals surface area contributed by atoms with Crippen molar-refractivity contribution in [2.24, 2.45) is 11.8 Å². The molecule has 0 aliphatic carbocycles. The van der Waals surface area contributed by atoms with Crippen LogP contribution in [0.25, 0.3) is 6.08 Å². The lowest BCUT2D eigenvalue weighted by molar-refractivity contribution is -0.142. The van der Waals surface area contributed by atoms with Gasteiger partial charge in [-0.3, -0.25) is 9.59 Å². The molecule has 142 valence electrons. The van der Waals surface area contributed by atoms with E-state index >= 15 is 0 Å². The third kappa shape index (κ3) is 5.41. The van der Waals surface area contributed by atoms with Crippen LogP contribution in [0.3, 0.4) is 0 Å². The second-order valence-electron chi connectivity index (χ2n) is 7.83. The van der Waals surface area contributed by atoms with Crippen LogP contribution in [0.1, 0.15) is 46.1 Å². The zero-order chi connectivity index (χ0) is 19.3. The molecule has 1 aliphatic rings. The van der Waals surface area contributed by atoms with Gasteiger partial charge in [-0.15, -0.1) is 0 Å². The van der Waals surface area contributed by atoms with Gasteiger partial charge in [0.2, 0.25) is 11.8 Å². The number of halogens is 1. The summed E-state index contributed by atoms with van der Waals surface area (Å²) in [6, 6.07) is 5.79. The quantitative estimate of drug-likeness (QED) is 0.788. The minimum absolute atomic E-state index is 0.0447. The Hall–Kier alpha value is -2.17. The molecule has 0 radical (unpaired) electrons. The van der Waals surface area contributed by atoms with E-state index in [-0.39, 0.29) is 23.7 Å². The summed E-state index contributed by atoms with van der Waals surface area (Å²) in [6.45, 7) is 8.74. The summed E-state index contributed by atoms with van der Waals surface area (Å²) in [5, 5.41) is 3.05. The second kappa shape index (κ2) is 8.97. The van der Waals surface area contributed by atoms with Gasteiger partial charge in [0.25, 0.3) is 0 Å². The Kier molecular flexibility index (Phi) is 6.95. The summed E-state index contributed by atoms with van der Waals surface area (Å²) in [6.07, 6.45) is 4.28. The van der Waals surface area contributed by atoms with Crippen LogP contribution in [-0.4, -0.2) is 35.3 Å². The Labute approximate surface area is 155 Å². The largest absolute Gasteiger partial charge is 0.350 e. The normalized spacial score (nSPS) is 20.9. The number of benzene rings is 1. The number of nitrogens with one attached hydrogen (secondary N) is 1. The Morgan fingerprint density at radius 1 is 1.23 bits per heavy atom. The molecule has 0 aromatic heterocycles. The summed E-state index contributed by atoms with van der Waals surface area (Å²) in [7, 11) is 0. The molecule has 0 spiro atoms. The molecule has 1 aromatic rings. The lowest BCUT2D eigenvalue weighted by atomic mass is 9.95. The Morgan fingerprint density at radius 3 is 2.50 bits per heavy atom. The van der Waals surface area contributed by atoms with Crippen LogP contribution in [0, 0.1) is 17.7 Å². The second-order valence-corrected chi connectivity index (χ2v) is 7.83. The van der Waals surface area contributed by atoms with Gasteiger partial charge in [-0.2, -0.15) is 0 Å². The van der Waals surface area contributed by atoms with Crippen LogP contribution >= 0.6 is 0 Å². The zero-order valence-electron chi connectivity index (χ0n) is 16.0. The molecule has 26 heavy (non-hydrogen) atoms. The molecule has 1 heterocycles. The third-order valence-electron chi connectivity index (χ3n) is 4.49. The molecule has 1 aliphatic heterocycles. The molecule has 1 N–H and O–H groups in total. The maximum atomic E-state index is 13.8. The monoisotopic (exact) mass is 360 g/mol. The molecule has 1 aromatic carbocycles. The minimum atomic E-state index is -0.476. The van der Waals surface area contributed by atoms with Crippen molar-refractivity contribution in [3.8, 4) is 0 Å². The highest BCUT2D eigenvalue weighted by Gasteiger charge is 2.36. The molecule has 2 rings (SSSR count). The SMILES string of the molecule is CC(C)C[C@H]1CN(C(=O)/C=C/c2ccccc2F)[C@@H](CC(C)C)C(=O)N1. The summed E-state index contributed by atoms with van der Waals surface area (Å²) in [5.41, 5.74) is 0.362. The number of piperazine rings is 1. The number of carbonyl (C=O) groups is 2. The first-order valence-electron chi connectivity index (χ1n) is 9.31. The molecule has 0 saturated carbocycles. The Bertz CT molecular complexity index is 670. The predicted molar refractivity (Wildman–Crippen MR) is 102 cm³/mol. The van der Waals surface area contributed by atoms with Crippen molar-refractivity contribution in [1.29, 1.82) is 0 Å². The molecule has 1 fully saturated rings. The van der Waals surface area contributed by atoms with E-state index < -0.39 is 6.04 Å². The smallest absolute Gasteiger partial charge is 0.247 e. The molecular formula is C21H29FN2O2. The first-order chi connectivity index (χ1) is 12.3. The van der Waals surface area contributed by atoms with Gasteiger partial charge in [0.15, 0.2) is 0 Å². The summed E-state index contributed by atoms with van der Waals surface area (Å²) in [5.74, 6) is 0.00112. The third-order valence-corrected chi connectivity index (χ3v) is 4.49. The van der Waals surface area contributed by atoms with Crippen molar-refractivity contribution in [3.63, 3.8) is 0 Å². The fourth-order valence-corrected chi connectivity index (χ4v) is 3.34. The molecule has 0 bridgehead atoms. The van der Waals surface area contributed by atoms with Crippen LogP contribution in [0.2, 0.25) is 0 Å². The summed E-state index contributed by atoms with van der Waals surface area (Å²) in [4.78, 5) is 27.0. The van der Waals surface area contributed by atoms with Crippen LogP contribution in [0.5, 0.6) is 0 Å². The number of nitrogens with zero attached hydrogens (tertiary/aromatic N) is 1. The van der Waals surface area contributed by atoms with E-state index in [9.17, 15) is 14.0 Å². The van der Waals surface area contributed by atoms with E-state index in [1.54, 1.807) is 23.1 Å². The van der Waals surface area contributed by atoms with Gasteiger partial charge in [-0.05, 0) is 36.8 Å². The van der Waals surface area contributed by atoms with Crippen LogP contribution < -0.4 is 5.32 Å². The van der Waals surface area contributed by atoms with E-state index in [0.29, 0.717) is 30.4 Å². The van der Waals surface area contributed by atoms with E-state index in [2.05, 4.69) is 19.2 Å². The van der Waals surface area contributed by atoms with Crippen molar-refractivity contribution < 1.29 is 14.0 Å². The number of rotatable bonds is 6. The van der Waals surface area contributed by atoms with E-state index in [0.717, 1.165) is 6.42 Å². The van der Waals surface area contributed by atoms with Gasteiger partial charge in [0, 0.05) is 24.2 Å². The molecule has 2 atom stereocenters. The van der Waals surface area contributed by atoms with Crippen molar-refractivity contribution in [2.75, 3.05) is 6.54 Å². The summed E-state index contributed by atoms with van der Waals surface area (Å²) >= 11 is 0. The molecule has 0 unspecified atom stereocenters. The molecule has 1 saturated heterocycles. The highest BCUT2D eigenvalue weighted by molar-refractivity contribution is 5.96. The van der Waals surface area contributed by atoms with Crippen molar-refractivity contribution >= 4 is 17.9 Å². The predicted octanol–water partition coefficient (Wildman–Crippen LogP) is 3.63. The van der Waals surface area contributed by atoms with Crippen LogP contribution in [0.4, 0.5) is 4.39 Å². The van der Waals surface area contributed by atoms with Gasteiger partial charge >= 0.3 is 0 Å². The van der Waals surface area contributed by atoms with Crippen molar-refractivity contribution in [3.05, 3.63) is 41.7 Å². The fourth-order valence-electron chi connectivity index (χ4n) is 3.34. The van der Waals surface area contributed by atoms with Gasteiger partial charge in [-0.25, -0.2) is 4.39 Å². The van der Waals surface area contributed by atoms with Crippen LogP contribution in [0.15, 0.2) is 30.3 Å². The maximum absolute atomic E-state index is 13.8. The van der Waals surface area contributed by atoms with Crippen LogP contribution in [-0.2, 0) is 9.59 Å².